The summed E-state index contributed by atoms with van der Waals surface area (Å²) in [6.07, 6.45) is 7.41. The van der Waals surface area contributed by atoms with Crippen molar-refractivity contribution in [3.8, 4) is 11.3 Å². The molecule has 0 spiro atoms. The number of piperidine rings is 1. The molecule has 0 bridgehead atoms. The summed E-state index contributed by atoms with van der Waals surface area (Å²) in [4.78, 5) is 41.6. The lowest BCUT2D eigenvalue weighted by Crippen LogP contribution is -2.54. The van der Waals surface area contributed by atoms with E-state index >= 15 is 0 Å². The largest absolute Gasteiger partial charge is 0.355 e. The first-order chi connectivity index (χ1) is 18.6. The summed E-state index contributed by atoms with van der Waals surface area (Å²) in [6.45, 7) is 3.71. The molecule has 1 aromatic heterocycles. The predicted molar refractivity (Wildman–Crippen MR) is 152 cm³/mol. The number of nitrogens with one attached hydrogen (secondary N) is 3. The van der Waals surface area contributed by atoms with Crippen LogP contribution in [0.2, 0.25) is 0 Å². The highest BCUT2D eigenvalue weighted by Gasteiger charge is 2.30. The topological polar surface area (TPSA) is 94.3 Å². The number of benzene rings is 2. The lowest BCUT2D eigenvalue weighted by Gasteiger charge is -2.37. The molecule has 1 fully saturated rings. The number of carbonyl (C=O) groups excluding carboxylic acids is 3. The van der Waals surface area contributed by atoms with Gasteiger partial charge in [-0.25, -0.2) is 0 Å². The minimum atomic E-state index is -0.236. The molecule has 2 amide bonds. The van der Waals surface area contributed by atoms with Crippen molar-refractivity contribution in [2.45, 2.75) is 70.4 Å². The molecule has 2 atom stereocenters. The molecule has 38 heavy (non-hydrogen) atoms. The van der Waals surface area contributed by atoms with Crippen LogP contribution < -0.4 is 10.6 Å². The second-order valence-corrected chi connectivity index (χ2v) is 10.4. The number of hydrogen-bond donors (Lipinski definition) is 3. The summed E-state index contributed by atoms with van der Waals surface area (Å²) in [5, 5.41) is 7.31. The molecule has 1 aliphatic heterocycles. The number of unbranched alkanes of at least 4 members (excludes halogenated alkanes) is 2. The van der Waals surface area contributed by atoms with Crippen LogP contribution in [0.25, 0.3) is 22.2 Å². The van der Waals surface area contributed by atoms with E-state index in [4.69, 9.17) is 0 Å². The minimum absolute atomic E-state index is 0.0458. The van der Waals surface area contributed by atoms with Crippen LogP contribution >= 0.6 is 0 Å². The van der Waals surface area contributed by atoms with E-state index in [-0.39, 0.29) is 23.8 Å². The summed E-state index contributed by atoms with van der Waals surface area (Å²) in [5.74, 6) is 0.259. The zero-order chi connectivity index (χ0) is 26.7. The molecule has 3 N–H and O–H groups in total. The summed E-state index contributed by atoms with van der Waals surface area (Å²) < 4.78 is 0. The third-order valence-corrected chi connectivity index (χ3v) is 7.56. The van der Waals surface area contributed by atoms with Gasteiger partial charge in [-0.1, -0.05) is 61.4 Å². The van der Waals surface area contributed by atoms with Crippen LogP contribution in [0, 0.1) is 0 Å². The maximum atomic E-state index is 13.5. The quantitative estimate of drug-likeness (QED) is 0.215. The number of hydrogen-bond acceptors (Lipinski definition) is 4. The number of ketones is 1. The van der Waals surface area contributed by atoms with Crippen LogP contribution in [0.3, 0.4) is 0 Å². The number of nitrogens with zero attached hydrogens (tertiary/aromatic N) is 1. The van der Waals surface area contributed by atoms with Gasteiger partial charge in [-0.15, -0.1) is 0 Å². The number of likely N-dealkylation sites (tertiary alicyclic amines) is 1. The summed E-state index contributed by atoms with van der Waals surface area (Å²) >= 11 is 0. The lowest BCUT2D eigenvalue weighted by molar-refractivity contribution is -0.127. The van der Waals surface area contributed by atoms with E-state index in [1.54, 1.807) is 6.92 Å². The molecule has 0 saturated carbocycles. The minimum Gasteiger partial charge on any atom is -0.355 e. The Balaban J connectivity index is 1.43. The molecule has 4 rings (SSSR count). The molecule has 1 unspecified atom stereocenters. The highest BCUT2D eigenvalue weighted by molar-refractivity contribution is 5.91. The molecule has 1 aliphatic rings. The number of aromatic amines is 1. The average Bonchev–Trinajstić information content (AvgIpc) is 3.30. The van der Waals surface area contributed by atoms with Crippen molar-refractivity contribution in [3.63, 3.8) is 0 Å². The van der Waals surface area contributed by atoms with Gasteiger partial charge in [-0.05, 0) is 62.8 Å². The molecule has 7 nitrogen and oxygen atoms in total. The zero-order valence-corrected chi connectivity index (χ0v) is 22.4. The van der Waals surface area contributed by atoms with Gasteiger partial charge in [0.15, 0.2) is 0 Å². The number of carbonyl (C=O) groups is 3. The van der Waals surface area contributed by atoms with Gasteiger partial charge < -0.3 is 20.4 Å². The fourth-order valence-electron chi connectivity index (χ4n) is 5.63. The Morgan fingerprint density at radius 2 is 1.87 bits per heavy atom. The van der Waals surface area contributed by atoms with E-state index in [0.29, 0.717) is 19.5 Å². The zero-order valence-electron chi connectivity index (χ0n) is 22.4. The van der Waals surface area contributed by atoms with Gasteiger partial charge in [0, 0.05) is 42.1 Å². The van der Waals surface area contributed by atoms with E-state index < -0.39 is 0 Å². The van der Waals surface area contributed by atoms with E-state index in [9.17, 15) is 14.4 Å². The monoisotopic (exact) mass is 516 g/mol. The Kier molecular flexibility index (Phi) is 10.1. The number of H-pyrrole nitrogens is 1. The molecule has 0 radical (unpaired) electrons. The van der Waals surface area contributed by atoms with Crippen LogP contribution in [-0.2, 0) is 20.8 Å². The molecular formula is C31H40N4O3. The number of Topliss-reactive ketones (excluding diaryl/α,β-unsaturated/α-hetero) is 1. The van der Waals surface area contributed by atoms with E-state index in [1.807, 2.05) is 24.3 Å². The van der Waals surface area contributed by atoms with Gasteiger partial charge in [0.25, 0.3) is 0 Å². The first-order valence-corrected chi connectivity index (χ1v) is 13.9. The van der Waals surface area contributed by atoms with Crippen LogP contribution in [0.1, 0.15) is 57.4 Å². The Morgan fingerprint density at radius 1 is 1.08 bits per heavy atom. The van der Waals surface area contributed by atoms with Gasteiger partial charge in [0.1, 0.15) is 5.78 Å². The van der Waals surface area contributed by atoms with E-state index in [1.165, 1.54) is 10.9 Å². The van der Waals surface area contributed by atoms with E-state index in [0.717, 1.165) is 74.7 Å². The van der Waals surface area contributed by atoms with Crippen molar-refractivity contribution >= 4 is 29.0 Å². The SMILES string of the molecule is CC(=O)CCCCC[C@@H](C(=O)NCCc1c(-c2ccccc2)[nH]c2ccccc12)N1CCCC(NC=O)C1. The smallest absolute Gasteiger partial charge is 0.237 e. The van der Waals surface area contributed by atoms with Crippen LogP contribution in [0.4, 0.5) is 0 Å². The maximum Gasteiger partial charge on any atom is 0.237 e. The van der Waals surface area contributed by atoms with Gasteiger partial charge >= 0.3 is 0 Å². The third-order valence-electron chi connectivity index (χ3n) is 7.56. The summed E-state index contributed by atoms with van der Waals surface area (Å²) in [5.41, 5.74) is 4.54. The van der Waals surface area contributed by atoms with Crippen LogP contribution in [0.15, 0.2) is 54.6 Å². The summed E-state index contributed by atoms with van der Waals surface area (Å²) in [7, 11) is 0. The second-order valence-electron chi connectivity index (χ2n) is 10.4. The fraction of sp³-hybridized carbons (Fsp3) is 0.452. The highest BCUT2D eigenvalue weighted by atomic mass is 16.2. The standard InChI is InChI=1S/C31H40N4O3/c1-23(37)11-4-2-7-17-29(35-20-10-14-25(21-35)33-22-36)31(38)32-19-18-27-26-15-8-9-16-28(26)34-30(27)24-12-5-3-6-13-24/h3,5-6,8-9,12-13,15-16,22,25,29,34H,2,4,7,10-11,14,17-21H2,1H3,(H,32,38)(H,33,36)/t25?,29-/m0/s1. The van der Waals surface area contributed by atoms with Crippen molar-refractivity contribution in [1.29, 1.82) is 0 Å². The Labute approximate surface area is 225 Å². The lowest BCUT2D eigenvalue weighted by atomic mass is 9.99. The fourth-order valence-corrected chi connectivity index (χ4v) is 5.63. The van der Waals surface area contributed by atoms with Crippen LogP contribution in [-0.4, -0.2) is 59.7 Å². The first-order valence-electron chi connectivity index (χ1n) is 13.9. The number of para-hydroxylation sites is 1. The van der Waals surface area contributed by atoms with E-state index in [2.05, 4.69) is 50.8 Å². The Hall–Kier alpha value is -3.45. The molecule has 202 valence electrons. The normalized spacial score (nSPS) is 16.7. The Bertz CT molecular complexity index is 1210. The maximum absolute atomic E-state index is 13.5. The molecule has 0 aliphatic carbocycles. The second kappa shape index (κ2) is 13.9. The molecule has 7 heteroatoms. The molecule has 2 heterocycles. The molecule has 3 aromatic rings. The number of fused-ring (bicyclic) bond motifs is 1. The van der Waals surface area contributed by atoms with Gasteiger partial charge in [0.05, 0.1) is 6.04 Å². The van der Waals surface area contributed by atoms with Crippen molar-refractivity contribution in [2.24, 2.45) is 0 Å². The number of rotatable bonds is 14. The number of aromatic nitrogens is 1. The predicted octanol–water partition coefficient (Wildman–Crippen LogP) is 4.61. The van der Waals surface area contributed by atoms with Crippen molar-refractivity contribution in [1.82, 2.24) is 20.5 Å². The molecule has 1 saturated heterocycles. The average molecular weight is 517 g/mol. The highest BCUT2D eigenvalue weighted by Crippen LogP contribution is 2.30. The summed E-state index contributed by atoms with van der Waals surface area (Å²) in [6, 6.07) is 18.5. The van der Waals surface area contributed by atoms with Gasteiger partial charge in [0.2, 0.25) is 12.3 Å². The van der Waals surface area contributed by atoms with Crippen LogP contribution in [0.5, 0.6) is 0 Å². The van der Waals surface area contributed by atoms with Crippen molar-refractivity contribution in [3.05, 3.63) is 60.2 Å². The first kappa shape index (κ1) is 27.6. The van der Waals surface area contributed by atoms with Gasteiger partial charge in [-0.3, -0.25) is 14.5 Å². The molecule has 2 aromatic carbocycles. The van der Waals surface area contributed by atoms with Crippen molar-refractivity contribution in [2.75, 3.05) is 19.6 Å². The Morgan fingerprint density at radius 3 is 2.66 bits per heavy atom. The third kappa shape index (κ3) is 7.32. The number of amides is 2. The molecular weight excluding hydrogens is 476 g/mol. The van der Waals surface area contributed by atoms with Gasteiger partial charge in [-0.2, -0.15) is 0 Å². The van der Waals surface area contributed by atoms with Crippen molar-refractivity contribution < 1.29 is 14.4 Å².